The standard InChI is InChI=1S/C21H23N5O3/c1-13-9-10-17(20(22-13)29-2)18-15-7-3-4-8-16(15)19(25-24-18)23-14-6-5-11-26(12-14)21(27)28/h3-4,7-10,14H,5-6,11-12H2,1-2H3,(H,23,25)(H,27,28)/t14-/m1/s1. The minimum Gasteiger partial charge on any atom is -0.480 e. The van der Waals surface area contributed by atoms with Crippen molar-refractivity contribution in [2.24, 2.45) is 0 Å². The molecule has 0 saturated carbocycles. The van der Waals surface area contributed by atoms with Gasteiger partial charge in [-0.25, -0.2) is 9.78 Å². The fourth-order valence-electron chi connectivity index (χ4n) is 3.74. The smallest absolute Gasteiger partial charge is 0.407 e. The lowest BCUT2D eigenvalue weighted by Crippen LogP contribution is -2.44. The summed E-state index contributed by atoms with van der Waals surface area (Å²) < 4.78 is 5.46. The fourth-order valence-corrected chi connectivity index (χ4v) is 3.74. The van der Waals surface area contributed by atoms with Gasteiger partial charge in [-0.1, -0.05) is 24.3 Å². The number of rotatable bonds is 4. The molecular formula is C21H23N5O3. The molecule has 3 heterocycles. The molecule has 4 rings (SSSR count). The minimum absolute atomic E-state index is 0.000941. The molecule has 1 fully saturated rings. The number of carbonyl (C=O) groups is 1. The van der Waals surface area contributed by atoms with Crippen molar-refractivity contribution in [3.8, 4) is 17.1 Å². The predicted octanol–water partition coefficient (Wildman–Crippen LogP) is 3.56. The highest BCUT2D eigenvalue weighted by Crippen LogP contribution is 2.34. The van der Waals surface area contributed by atoms with Crippen LogP contribution < -0.4 is 10.1 Å². The van der Waals surface area contributed by atoms with Crippen LogP contribution in [0.1, 0.15) is 18.5 Å². The maximum Gasteiger partial charge on any atom is 0.407 e. The van der Waals surface area contributed by atoms with Gasteiger partial charge in [0.25, 0.3) is 0 Å². The van der Waals surface area contributed by atoms with Crippen LogP contribution in [-0.4, -0.2) is 57.5 Å². The van der Waals surface area contributed by atoms with Crippen molar-refractivity contribution in [2.75, 3.05) is 25.5 Å². The van der Waals surface area contributed by atoms with Crippen molar-refractivity contribution < 1.29 is 14.6 Å². The van der Waals surface area contributed by atoms with E-state index < -0.39 is 6.09 Å². The molecule has 1 aromatic carbocycles. The van der Waals surface area contributed by atoms with Crippen LogP contribution in [0.25, 0.3) is 22.0 Å². The number of pyridine rings is 1. The third-order valence-corrected chi connectivity index (χ3v) is 5.17. The zero-order valence-electron chi connectivity index (χ0n) is 16.4. The lowest BCUT2D eigenvalue weighted by Gasteiger charge is -2.31. The summed E-state index contributed by atoms with van der Waals surface area (Å²) in [6.45, 7) is 2.91. The molecule has 0 radical (unpaired) electrons. The van der Waals surface area contributed by atoms with Crippen LogP contribution in [0.15, 0.2) is 36.4 Å². The number of ether oxygens (including phenoxy) is 1. The molecular weight excluding hydrogens is 370 g/mol. The first-order valence-electron chi connectivity index (χ1n) is 9.58. The summed E-state index contributed by atoms with van der Waals surface area (Å²) in [5.41, 5.74) is 2.34. The highest BCUT2D eigenvalue weighted by molar-refractivity contribution is 6.00. The van der Waals surface area contributed by atoms with Gasteiger partial charge >= 0.3 is 6.09 Å². The van der Waals surface area contributed by atoms with Crippen LogP contribution in [0.2, 0.25) is 0 Å². The molecule has 0 bridgehead atoms. The van der Waals surface area contributed by atoms with Gasteiger partial charge in [0, 0.05) is 35.6 Å². The van der Waals surface area contributed by atoms with Crippen LogP contribution in [0.3, 0.4) is 0 Å². The zero-order chi connectivity index (χ0) is 20.4. The lowest BCUT2D eigenvalue weighted by molar-refractivity contribution is 0.133. The van der Waals surface area contributed by atoms with Crippen molar-refractivity contribution in [3.05, 3.63) is 42.1 Å². The Labute approximate surface area is 168 Å². The van der Waals surface area contributed by atoms with E-state index in [1.165, 1.54) is 4.90 Å². The fraction of sp³-hybridized carbons (Fsp3) is 0.333. The average molecular weight is 393 g/mol. The third-order valence-electron chi connectivity index (χ3n) is 5.17. The number of aromatic nitrogens is 3. The molecule has 2 N–H and O–H groups in total. The van der Waals surface area contributed by atoms with Gasteiger partial charge < -0.3 is 20.1 Å². The monoisotopic (exact) mass is 393 g/mol. The second kappa shape index (κ2) is 7.90. The van der Waals surface area contributed by atoms with Crippen LogP contribution >= 0.6 is 0 Å². The van der Waals surface area contributed by atoms with Crippen molar-refractivity contribution in [2.45, 2.75) is 25.8 Å². The van der Waals surface area contributed by atoms with E-state index in [0.29, 0.717) is 30.5 Å². The molecule has 8 nitrogen and oxygen atoms in total. The predicted molar refractivity (Wildman–Crippen MR) is 110 cm³/mol. The Kier molecular flexibility index (Phi) is 5.16. The number of fused-ring (bicyclic) bond motifs is 1. The summed E-state index contributed by atoms with van der Waals surface area (Å²) in [7, 11) is 1.59. The molecule has 2 aromatic heterocycles. The van der Waals surface area contributed by atoms with Gasteiger partial charge in [0.15, 0.2) is 5.82 Å². The van der Waals surface area contributed by atoms with E-state index in [1.54, 1.807) is 7.11 Å². The summed E-state index contributed by atoms with van der Waals surface area (Å²) in [6.07, 6.45) is 0.818. The summed E-state index contributed by atoms with van der Waals surface area (Å²) in [5, 5.41) is 23.4. The van der Waals surface area contributed by atoms with Crippen LogP contribution in [-0.2, 0) is 0 Å². The molecule has 3 aromatic rings. The van der Waals surface area contributed by atoms with E-state index in [2.05, 4.69) is 20.5 Å². The molecule has 0 aliphatic carbocycles. The number of aryl methyl sites for hydroxylation is 1. The van der Waals surface area contributed by atoms with Crippen LogP contribution in [0, 0.1) is 6.92 Å². The Morgan fingerprint density at radius 3 is 2.76 bits per heavy atom. The quantitative estimate of drug-likeness (QED) is 0.699. The maximum atomic E-state index is 11.3. The highest BCUT2D eigenvalue weighted by Gasteiger charge is 2.24. The molecule has 0 spiro atoms. The number of anilines is 1. The SMILES string of the molecule is COc1nc(C)ccc1-c1nnc(N[C@@H]2CCCN(C(=O)O)C2)c2ccccc12. The molecule has 1 saturated heterocycles. The third kappa shape index (κ3) is 3.78. The van der Waals surface area contributed by atoms with Crippen LogP contribution in [0.5, 0.6) is 5.88 Å². The van der Waals surface area contributed by atoms with Gasteiger partial charge in [-0.3, -0.25) is 0 Å². The maximum absolute atomic E-state index is 11.3. The molecule has 1 aliphatic heterocycles. The summed E-state index contributed by atoms with van der Waals surface area (Å²) in [5.74, 6) is 1.16. The van der Waals surface area contributed by atoms with Crippen molar-refractivity contribution in [1.82, 2.24) is 20.1 Å². The minimum atomic E-state index is -0.887. The van der Waals surface area contributed by atoms with E-state index in [0.717, 1.165) is 34.9 Å². The number of nitrogens with one attached hydrogen (secondary N) is 1. The van der Waals surface area contributed by atoms with Gasteiger partial charge in [0.1, 0.15) is 5.69 Å². The number of methoxy groups -OCH3 is 1. The molecule has 1 atom stereocenters. The van der Waals surface area contributed by atoms with E-state index in [4.69, 9.17) is 4.74 Å². The molecule has 29 heavy (non-hydrogen) atoms. The number of likely N-dealkylation sites (tertiary alicyclic amines) is 1. The second-order valence-corrected chi connectivity index (χ2v) is 7.16. The first-order valence-corrected chi connectivity index (χ1v) is 9.58. The highest BCUT2D eigenvalue weighted by atomic mass is 16.5. The van der Waals surface area contributed by atoms with Gasteiger partial charge in [-0.05, 0) is 31.9 Å². The Hall–Kier alpha value is -3.42. The second-order valence-electron chi connectivity index (χ2n) is 7.16. The number of nitrogens with zero attached hydrogens (tertiary/aromatic N) is 4. The molecule has 1 amide bonds. The number of hydrogen-bond acceptors (Lipinski definition) is 6. The first-order chi connectivity index (χ1) is 14.1. The van der Waals surface area contributed by atoms with E-state index in [9.17, 15) is 9.90 Å². The Morgan fingerprint density at radius 1 is 1.21 bits per heavy atom. The topological polar surface area (TPSA) is 100 Å². The lowest BCUT2D eigenvalue weighted by atomic mass is 10.0. The molecule has 8 heteroatoms. The Balaban J connectivity index is 1.72. The van der Waals surface area contributed by atoms with Gasteiger partial charge in [-0.2, -0.15) is 0 Å². The summed E-state index contributed by atoms with van der Waals surface area (Å²) >= 11 is 0. The summed E-state index contributed by atoms with van der Waals surface area (Å²) in [6, 6.07) is 11.8. The van der Waals surface area contributed by atoms with Gasteiger partial charge in [-0.15, -0.1) is 10.2 Å². The molecule has 0 unspecified atom stereocenters. The van der Waals surface area contributed by atoms with Crippen LogP contribution in [0.4, 0.5) is 10.6 Å². The zero-order valence-corrected chi connectivity index (χ0v) is 16.4. The number of hydrogen-bond donors (Lipinski definition) is 2. The van der Waals surface area contributed by atoms with Gasteiger partial charge in [0.2, 0.25) is 5.88 Å². The number of piperidine rings is 1. The Morgan fingerprint density at radius 2 is 2.00 bits per heavy atom. The van der Waals surface area contributed by atoms with Gasteiger partial charge in [0.05, 0.1) is 12.7 Å². The molecule has 150 valence electrons. The van der Waals surface area contributed by atoms with E-state index in [1.807, 2.05) is 43.3 Å². The number of carboxylic acid groups (broad SMARTS) is 1. The Bertz CT molecular complexity index is 1060. The number of benzene rings is 1. The van der Waals surface area contributed by atoms with Crippen molar-refractivity contribution in [3.63, 3.8) is 0 Å². The number of amides is 1. The molecule has 1 aliphatic rings. The summed E-state index contributed by atoms with van der Waals surface area (Å²) in [4.78, 5) is 17.2. The van der Waals surface area contributed by atoms with E-state index >= 15 is 0 Å². The normalized spacial score (nSPS) is 16.6. The first kappa shape index (κ1) is 18.9. The van der Waals surface area contributed by atoms with E-state index in [-0.39, 0.29) is 6.04 Å². The average Bonchev–Trinajstić information content (AvgIpc) is 2.74. The van der Waals surface area contributed by atoms with Crippen molar-refractivity contribution >= 4 is 22.7 Å². The van der Waals surface area contributed by atoms with Crippen molar-refractivity contribution in [1.29, 1.82) is 0 Å². The largest absolute Gasteiger partial charge is 0.480 e.